The normalized spacial score (nSPS) is 8.71. The summed E-state index contributed by atoms with van der Waals surface area (Å²) in [6, 6.07) is 4.07. The average molecular weight is 192 g/mol. The minimum atomic E-state index is -0.374. The molecule has 0 radical (unpaired) electrons. The number of hydrogen-bond acceptors (Lipinski definition) is 2. The average Bonchev–Trinajstić information content (AvgIpc) is 2.19. The molecule has 0 aromatic heterocycles. The second-order valence-corrected chi connectivity index (χ2v) is 2.52. The number of methoxy groups -OCH3 is 1. The Morgan fingerprint density at radius 3 is 3.00 bits per heavy atom. The van der Waals surface area contributed by atoms with E-state index in [1.165, 1.54) is 25.3 Å². The van der Waals surface area contributed by atoms with Crippen LogP contribution >= 0.6 is 0 Å². The van der Waals surface area contributed by atoms with Crippen LogP contribution < -0.4 is 4.74 Å². The Balaban J connectivity index is 3.00. The first kappa shape index (κ1) is 10.3. The molecule has 0 aliphatic rings. The van der Waals surface area contributed by atoms with Crippen LogP contribution in [0.3, 0.4) is 0 Å². The van der Waals surface area contributed by atoms with Crippen LogP contribution in [0.25, 0.3) is 0 Å². The van der Waals surface area contributed by atoms with E-state index < -0.39 is 0 Å². The Labute approximate surface area is 81.7 Å². The van der Waals surface area contributed by atoms with Gasteiger partial charge in [-0.15, -0.1) is 0 Å². The van der Waals surface area contributed by atoms with Crippen molar-refractivity contribution in [1.82, 2.24) is 0 Å². The summed E-state index contributed by atoms with van der Waals surface area (Å²) in [5.74, 6) is 5.38. The molecule has 0 atom stereocenters. The van der Waals surface area contributed by atoms with Crippen molar-refractivity contribution in [3.63, 3.8) is 0 Å². The van der Waals surface area contributed by atoms with Gasteiger partial charge >= 0.3 is 0 Å². The summed E-state index contributed by atoms with van der Waals surface area (Å²) in [7, 11) is 1.48. The van der Waals surface area contributed by atoms with Crippen LogP contribution in [0.1, 0.15) is 12.0 Å². The molecule has 0 bridgehead atoms. The van der Waals surface area contributed by atoms with Gasteiger partial charge in [0.05, 0.1) is 19.1 Å². The Hall–Kier alpha value is -1.82. The van der Waals surface area contributed by atoms with Crippen molar-refractivity contribution in [2.45, 2.75) is 6.42 Å². The van der Waals surface area contributed by atoms with E-state index >= 15 is 0 Å². The van der Waals surface area contributed by atoms with Crippen molar-refractivity contribution >= 4 is 6.29 Å². The number of ether oxygens (including phenoxy) is 1. The minimum absolute atomic E-state index is 0.139. The summed E-state index contributed by atoms with van der Waals surface area (Å²) in [4.78, 5) is 10.0. The Bertz CT molecular complexity index is 388. The molecule has 14 heavy (non-hydrogen) atoms. The van der Waals surface area contributed by atoms with Crippen LogP contribution in [0.5, 0.6) is 5.75 Å². The second-order valence-electron chi connectivity index (χ2n) is 2.52. The van der Waals surface area contributed by atoms with Gasteiger partial charge in [-0.25, -0.2) is 4.39 Å². The van der Waals surface area contributed by atoms with Gasteiger partial charge in [0.15, 0.2) is 0 Å². The lowest BCUT2D eigenvalue weighted by Crippen LogP contribution is -1.88. The fourth-order valence-electron chi connectivity index (χ4n) is 0.966. The first-order chi connectivity index (χ1) is 6.77. The van der Waals surface area contributed by atoms with Crippen molar-refractivity contribution in [3.8, 4) is 17.6 Å². The van der Waals surface area contributed by atoms with Crippen LogP contribution in [0.4, 0.5) is 4.39 Å². The number of carbonyl (C=O) groups is 1. The molecule has 0 saturated carbocycles. The Kier molecular flexibility index (Phi) is 3.69. The van der Waals surface area contributed by atoms with E-state index in [1.54, 1.807) is 0 Å². The highest BCUT2D eigenvalue weighted by atomic mass is 19.1. The highest BCUT2D eigenvalue weighted by Crippen LogP contribution is 2.17. The van der Waals surface area contributed by atoms with E-state index in [4.69, 9.17) is 4.74 Å². The number of rotatable bonds is 2. The molecule has 0 heterocycles. The molecule has 1 aromatic carbocycles. The molecule has 72 valence electrons. The van der Waals surface area contributed by atoms with E-state index in [0.717, 1.165) is 0 Å². The van der Waals surface area contributed by atoms with E-state index in [0.29, 0.717) is 17.6 Å². The number of hydrogen-bond donors (Lipinski definition) is 0. The first-order valence-electron chi connectivity index (χ1n) is 4.04. The lowest BCUT2D eigenvalue weighted by Gasteiger charge is -2.01. The predicted octanol–water partition coefficient (Wildman–Crippen LogP) is 1.77. The highest BCUT2D eigenvalue weighted by Gasteiger charge is 2.00. The van der Waals surface area contributed by atoms with Crippen LogP contribution in [-0.4, -0.2) is 13.4 Å². The van der Waals surface area contributed by atoms with Gasteiger partial charge in [-0.3, -0.25) is 0 Å². The summed E-state index contributed by atoms with van der Waals surface area (Å²) in [5, 5.41) is 0. The predicted molar refractivity (Wildman–Crippen MR) is 50.5 cm³/mol. The molecule has 0 unspecified atom stereocenters. The summed E-state index contributed by atoms with van der Waals surface area (Å²) < 4.78 is 17.8. The van der Waals surface area contributed by atoms with Gasteiger partial charge in [-0.1, -0.05) is 11.8 Å². The third-order valence-corrected chi connectivity index (χ3v) is 1.57. The number of carbonyl (C=O) groups excluding carboxylic acids is 1. The zero-order valence-electron chi connectivity index (χ0n) is 7.71. The number of benzene rings is 1. The molecule has 0 amide bonds. The van der Waals surface area contributed by atoms with Gasteiger partial charge in [0.25, 0.3) is 0 Å². The molecule has 1 rings (SSSR count). The van der Waals surface area contributed by atoms with Crippen molar-refractivity contribution in [2.75, 3.05) is 7.11 Å². The van der Waals surface area contributed by atoms with Gasteiger partial charge in [-0.2, -0.15) is 0 Å². The van der Waals surface area contributed by atoms with Crippen LogP contribution in [0.2, 0.25) is 0 Å². The molecule has 0 N–H and O–H groups in total. The highest BCUT2D eigenvalue weighted by molar-refractivity contribution is 5.56. The number of aldehydes is 1. The van der Waals surface area contributed by atoms with Crippen molar-refractivity contribution in [1.29, 1.82) is 0 Å². The van der Waals surface area contributed by atoms with Crippen molar-refractivity contribution in [2.24, 2.45) is 0 Å². The molecule has 0 fully saturated rings. The summed E-state index contributed by atoms with van der Waals surface area (Å²) in [6.07, 6.45) is 0.832. The van der Waals surface area contributed by atoms with Crippen LogP contribution in [0, 0.1) is 17.7 Å². The van der Waals surface area contributed by atoms with E-state index in [2.05, 4.69) is 11.8 Å². The molecular formula is C11H9FO2. The zero-order chi connectivity index (χ0) is 10.4. The third-order valence-electron chi connectivity index (χ3n) is 1.57. The summed E-state index contributed by atoms with van der Waals surface area (Å²) in [5.41, 5.74) is 0.453. The van der Waals surface area contributed by atoms with Crippen molar-refractivity contribution < 1.29 is 13.9 Å². The second kappa shape index (κ2) is 5.03. The molecular weight excluding hydrogens is 183 g/mol. The van der Waals surface area contributed by atoms with Gasteiger partial charge < -0.3 is 9.53 Å². The van der Waals surface area contributed by atoms with E-state index in [1.807, 2.05) is 0 Å². The fourth-order valence-corrected chi connectivity index (χ4v) is 0.966. The van der Waals surface area contributed by atoms with Gasteiger partial charge in [-0.05, 0) is 18.2 Å². The molecule has 0 aliphatic carbocycles. The third kappa shape index (κ3) is 2.60. The lowest BCUT2D eigenvalue weighted by atomic mass is 10.2. The van der Waals surface area contributed by atoms with Crippen LogP contribution in [0.15, 0.2) is 18.2 Å². The SMILES string of the molecule is COc1ccc(F)cc1C#CCC=O. The maximum absolute atomic E-state index is 12.8. The molecule has 0 spiro atoms. The molecule has 0 aliphatic heterocycles. The van der Waals surface area contributed by atoms with E-state index in [9.17, 15) is 9.18 Å². The lowest BCUT2D eigenvalue weighted by molar-refractivity contribution is -0.107. The minimum Gasteiger partial charge on any atom is -0.495 e. The maximum atomic E-state index is 12.8. The van der Waals surface area contributed by atoms with Crippen LogP contribution in [-0.2, 0) is 4.79 Å². The summed E-state index contributed by atoms with van der Waals surface area (Å²) >= 11 is 0. The number of halogens is 1. The molecule has 3 heteroatoms. The van der Waals surface area contributed by atoms with Gasteiger partial charge in [0.1, 0.15) is 17.9 Å². The zero-order valence-corrected chi connectivity index (χ0v) is 7.71. The Morgan fingerprint density at radius 1 is 1.57 bits per heavy atom. The molecule has 2 nitrogen and oxygen atoms in total. The smallest absolute Gasteiger partial charge is 0.134 e. The maximum Gasteiger partial charge on any atom is 0.134 e. The first-order valence-corrected chi connectivity index (χ1v) is 4.04. The Morgan fingerprint density at radius 2 is 2.36 bits per heavy atom. The van der Waals surface area contributed by atoms with Gasteiger partial charge in [0, 0.05) is 0 Å². The standard InChI is InChI=1S/C11H9FO2/c1-14-11-6-5-10(12)8-9(11)4-2-3-7-13/h5-8H,3H2,1H3. The van der Waals surface area contributed by atoms with Crippen molar-refractivity contribution in [3.05, 3.63) is 29.6 Å². The molecule has 0 saturated heterocycles. The fraction of sp³-hybridized carbons (Fsp3) is 0.182. The quantitative estimate of drug-likeness (QED) is 0.527. The monoisotopic (exact) mass is 192 g/mol. The topological polar surface area (TPSA) is 26.3 Å². The largest absolute Gasteiger partial charge is 0.495 e. The van der Waals surface area contributed by atoms with E-state index in [-0.39, 0.29) is 12.2 Å². The summed E-state index contributed by atoms with van der Waals surface area (Å²) in [6.45, 7) is 0. The molecule has 1 aromatic rings. The van der Waals surface area contributed by atoms with Gasteiger partial charge in [0.2, 0.25) is 0 Å².